The van der Waals surface area contributed by atoms with Gasteiger partial charge in [0.1, 0.15) is 0 Å². The Balaban J connectivity index is 2.48. The van der Waals surface area contributed by atoms with Gasteiger partial charge in [-0.1, -0.05) is 13.3 Å². The maximum absolute atomic E-state index is 8.73. The molecule has 0 aromatic carbocycles. The first-order valence-corrected chi connectivity index (χ1v) is 4.09. The third-order valence-electron chi connectivity index (χ3n) is 2.84. The molecule has 1 aliphatic carbocycles. The fourth-order valence-electron chi connectivity index (χ4n) is 1.85. The Labute approximate surface area is 62.4 Å². The van der Waals surface area contributed by atoms with E-state index in [1.54, 1.807) is 0 Å². The average Bonchev–Trinajstić information content (AvgIpc) is 2.15. The summed E-state index contributed by atoms with van der Waals surface area (Å²) in [5.74, 6) is 0.597. The van der Waals surface area contributed by atoms with Crippen molar-refractivity contribution >= 4 is 0 Å². The summed E-state index contributed by atoms with van der Waals surface area (Å²) in [5.41, 5.74) is 6.01. The van der Waals surface area contributed by atoms with Crippen molar-refractivity contribution in [3.63, 3.8) is 0 Å². The van der Waals surface area contributed by atoms with E-state index < -0.39 is 0 Å². The van der Waals surface area contributed by atoms with Gasteiger partial charge in [-0.3, -0.25) is 0 Å². The number of hydrogen-bond donors (Lipinski definition) is 2. The van der Waals surface area contributed by atoms with Crippen LogP contribution in [-0.4, -0.2) is 17.3 Å². The molecule has 2 heteroatoms. The molecule has 0 spiro atoms. The smallest absolute Gasteiger partial charge is 0.0448 e. The molecule has 0 aliphatic heterocycles. The van der Waals surface area contributed by atoms with Gasteiger partial charge in [0.05, 0.1) is 0 Å². The number of hydrogen-bond acceptors (Lipinski definition) is 2. The summed E-state index contributed by atoms with van der Waals surface area (Å²) in [5, 5.41) is 8.73. The lowest BCUT2D eigenvalue weighted by Crippen LogP contribution is -2.42. The minimum absolute atomic E-state index is 0.0469. The molecule has 1 fully saturated rings. The highest BCUT2D eigenvalue weighted by Gasteiger charge is 2.35. The van der Waals surface area contributed by atoms with E-state index in [0.29, 0.717) is 5.92 Å². The van der Waals surface area contributed by atoms with Crippen LogP contribution >= 0.6 is 0 Å². The van der Waals surface area contributed by atoms with Crippen molar-refractivity contribution < 1.29 is 5.11 Å². The van der Waals surface area contributed by atoms with Gasteiger partial charge in [0.25, 0.3) is 0 Å². The fourth-order valence-corrected chi connectivity index (χ4v) is 1.85. The molecule has 0 aromatic heterocycles. The molecule has 1 rings (SSSR count). The largest absolute Gasteiger partial charge is 0.396 e. The summed E-state index contributed by atoms with van der Waals surface area (Å²) in [6, 6.07) is 0. The summed E-state index contributed by atoms with van der Waals surface area (Å²) in [6.45, 7) is 2.42. The Kier molecular flexibility index (Phi) is 2.32. The third-order valence-corrected chi connectivity index (χ3v) is 2.84. The lowest BCUT2D eigenvalue weighted by Gasteiger charge is -2.27. The van der Waals surface area contributed by atoms with Crippen LogP contribution in [0.25, 0.3) is 0 Å². The predicted octanol–water partition coefficient (Wildman–Crippen LogP) is 0.886. The molecule has 0 bridgehead atoms. The van der Waals surface area contributed by atoms with Gasteiger partial charge in [0.2, 0.25) is 0 Å². The standard InChI is InChI=1S/C8H17NO/c1-7-3-2-4-8(7,9)5-6-10/h7,10H,2-6,9H2,1H3. The lowest BCUT2D eigenvalue weighted by atomic mass is 9.87. The first-order valence-electron chi connectivity index (χ1n) is 4.09. The first-order chi connectivity index (χ1) is 4.69. The van der Waals surface area contributed by atoms with Gasteiger partial charge in [-0.2, -0.15) is 0 Å². The minimum Gasteiger partial charge on any atom is -0.396 e. The minimum atomic E-state index is -0.0469. The van der Waals surface area contributed by atoms with Crippen molar-refractivity contribution in [3.05, 3.63) is 0 Å². The van der Waals surface area contributed by atoms with Gasteiger partial charge >= 0.3 is 0 Å². The summed E-state index contributed by atoms with van der Waals surface area (Å²) < 4.78 is 0. The molecule has 0 heterocycles. The van der Waals surface area contributed by atoms with Crippen LogP contribution in [0.5, 0.6) is 0 Å². The Hall–Kier alpha value is -0.0800. The molecule has 2 atom stereocenters. The highest BCUT2D eigenvalue weighted by Crippen LogP contribution is 2.35. The summed E-state index contributed by atoms with van der Waals surface area (Å²) in [4.78, 5) is 0. The van der Waals surface area contributed by atoms with Crippen molar-refractivity contribution in [2.24, 2.45) is 11.7 Å². The SMILES string of the molecule is CC1CCCC1(N)CCO. The molecule has 2 unspecified atom stereocenters. The van der Waals surface area contributed by atoms with Crippen LogP contribution in [0.15, 0.2) is 0 Å². The predicted molar refractivity (Wildman–Crippen MR) is 41.6 cm³/mol. The van der Waals surface area contributed by atoms with Gasteiger partial charge in [-0.15, -0.1) is 0 Å². The fraction of sp³-hybridized carbons (Fsp3) is 1.00. The van der Waals surface area contributed by atoms with Gasteiger partial charge in [0, 0.05) is 12.1 Å². The van der Waals surface area contributed by atoms with Crippen molar-refractivity contribution in [2.45, 2.75) is 38.1 Å². The van der Waals surface area contributed by atoms with Crippen LogP contribution in [0.4, 0.5) is 0 Å². The van der Waals surface area contributed by atoms with Crippen LogP contribution in [0.2, 0.25) is 0 Å². The number of aliphatic hydroxyl groups is 1. The van der Waals surface area contributed by atoms with Crippen LogP contribution in [0, 0.1) is 5.92 Å². The highest BCUT2D eigenvalue weighted by molar-refractivity contribution is 4.93. The van der Waals surface area contributed by atoms with Crippen LogP contribution in [-0.2, 0) is 0 Å². The molecule has 2 nitrogen and oxygen atoms in total. The van der Waals surface area contributed by atoms with E-state index in [1.807, 2.05) is 0 Å². The average molecular weight is 143 g/mol. The van der Waals surface area contributed by atoms with E-state index in [4.69, 9.17) is 10.8 Å². The Morgan fingerprint density at radius 3 is 2.80 bits per heavy atom. The lowest BCUT2D eigenvalue weighted by molar-refractivity contribution is 0.213. The highest BCUT2D eigenvalue weighted by atomic mass is 16.3. The second-order valence-corrected chi connectivity index (χ2v) is 3.50. The van der Waals surface area contributed by atoms with Crippen LogP contribution in [0.3, 0.4) is 0 Å². The van der Waals surface area contributed by atoms with E-state index in [0.717, 1.165) is 12.8 Å². The van der Waals surface area contributed by atoms with Gasteiger partial charge in [0.15, 0.2) is 0 Å². The van der Waals surface area contributed by atoms with Crippen molar-refractivity contribution in [1.29, 1.82) is 0 Å². The Morgan fingerprint density at radius 2 is 2.40 bits per heavy atom. The van der Waals surface area contributed by atoms with E-state index >= 15 is 0 Å². The third kappa shape index (κ3) is 1.32. The first kappa shape index (κ1) is 8.02. The van der Waals surface area contributed by atoms with E-state index in [1.165, 1.54) is 12.8 Å². The second-order valence-electron chi connectivity index (χ2n) is 3.50. The topological polar surface area (TPSA) is 46.2 Å². The molecule has 0 amide bonds. The molecule has 1 aliphatic rings. The second kappa shape index (κ2) is 2.89. The summed E-state index contributed by atoms with van der Waals surface area (Å²) >= 11 is 0. The molecule has 1 saturated carbocycles. The Bertz CT molecular complexity index is 116. The van der Waals surface area contributed by atoms with Gasteiger partial charge in [-0.25, -0.2) is 0 Å². The Morgan fingerprint density at radius 1 is 1.70 bits per heavy atom. The van der Waals surface area contributed by atoms with E-state index in [-0.39, 0.29) is 12.1 Å². The van der Waals surface area contributed by atoms with Gasteiger partial charge < -0.3 is 10.8 Å². The summed E-state index contributed by atoms with van der Waals surface area (Å²) in [7, 11) is 0. The van der Waals surface area contributed by atoms with Crippen molar-refractivity contribution in [3.8, 4) is 0 Å². The molecule has 0 aromatic rings. The zero-order valence-corrected chi connectivity index (χ0v) is 6.64. The van der Waals surface area contributed by atoms with E-state index in [2.05, 4.69) is 6.92 Å². The molecule has 3 N–H and O–H groups in total. The zero-order chi connectivity index (χ0) is 7.61. The molecule has 10 heavy (non-hydrogen) atoms. The maximum atomic E-state index is 8.73. The van der Waals surface area contributed by atoms with E-state index in [9.17, 15) is 0 Å². The molecule has 0 saturated heterocycles. The molecular formula is C8H17NO. The number of nitrogens with two attached hydrogens (primary N) is 1. The quantitative estimate of drug-likeness (QED) is 0.603. The van der Waals surface area contributed by atoms with Crippen LogP contribution < -0.4 is 5.73 Å². The normalized spacial score (nSPS) is 40.5. The van der Waals surface area contributed by atoms with Crippen LogP contribution in [0.1, 0.15) is 32.6 Å². The van der Waals surface area contributed by atoms with Crippen molar-refractivity contribution in [2.75, 3.05) is 6.61 Å². The monoisotopic (exact) mass is 143 g/mol. The summed E-state index contributed by atoms with van der Waals surface area (Å²) in [6.07, 6.45) is 4.33. The van der Waals surface area contributed by atoms with Gasteiger partial charge in [-0.05, 0) is 25.2 Å². The number of aliphatic hydroxyl groups excluding tert-OH is 1. The maximum Gasteiger partial charge on any atom is 0.0448 e. The molecule has 60 valence electrons. The number of rotatable bonds is 2. The zero-order valence-electron chi connectivity index (χ0n) is 6.64. The molecular weight excluding hydrogens is 126 g/mol. The van der Waals surface area contributed by atoms with Crippen molar-refractivity contribution in [1.82, 2.24) is 0 Å². The molecule has 0 radical (unpaired) electrons.